The lowest BCUT2D eigenvalue weighted by Crippen LogP contribution is -2.14. The lowest BCUT2D eigenvalue weighted by atomic mass is 10.1. The van der Waals surface area contributed by atoms with E-state index in [9.17, 15) is 5.11 Å². The third-order valence-corrected chi connectivity index (χ3v) is 3.55. The summed E-state index contributed by atoms with van der Waals surface area (Å²) in [5.74, 6) is 1.41. The number of nitrogens with one attached hydrogen (secondary N) is 1. The molecule has 1 atom stereocenters. The highest BCUT2D eigenvalue weighted by molar-refractivity contribution is 5.95. The van der Waals surface area contributed by atoms with Crippen LogP contribution in [0.1, 0.15) is 17.5 Å². The van der Waals surface area contributed by atoms with Crippen molar-refractivity contribution in [2.24, 2.45) is 0 Å². The number of pyridine rings is 1. The summed E-state index contributed by atoms with van der Waals surface area (Å²) >= 11 is 0. The number of furan rings is 1. The highest BCUT2D eigenvalue weighted by Crippen LogP contribution is 2.32. The highest BCUT2D eigenvalue weighted by atomic mass is 16.5. The maximum Gasteiger partial charge on any atom is 0.145 e. The summed E-state index contributed by atoms with van der Waals surface area (Å²) in [7, 11) is 1.63. The van der Waals surface area contributed by atoms with Gasteiger partial charge in [0, 0.05) is 16.8 Å². The molecule has 0 fully saturated rings. The van der Waals surface area contributed by atoms with Crippen molar-refractivity contribution in [3.63, 3.8) is 0 Å². The van der Waals surface area contributed by atoms with Gasteiger partial charge in [-0.2, -0.15) is 0 Å². The summed E-state index contributed by atoms with van der Waals surface area (Å²) in [6.07, 6.45) is 1.60. The number of aryl methyl sites for hydroxylation is 1. The number of ether oxygens (including phenoxy) is 1. The summed E-state index contributed by atoms with van der Waals surface area (Å²) < 4.78 is 10.8. The van der Waals surface area contributed by atoms with Crippen LogP contribution in [0.5, 0.6) is 5.75 Å². The first-order valence-corrected chi connectivity index (χ1v) is 7.08. The van der Waals surface area contributed by atoms with Crippen molar-refractivity contribution in [3.8, 4) is 5.75 Å². The molecule has 2 heterocycles. The third kappa shape index (κ3) is 2.63. The molecule has 1 aromatic carbocycles. The quantitative estimate of drug-likeness (QED) is 0.756. The van der Waals surface area contributed by atoms with Crippen LogP contribution in [0.2, 0.25) is 0 Å². The number of fused-ring (bicyclic) bond motifs is 1. The molecule has 0 spiro atoms. The molecule has 0 aliphatic rings. The predicted molar refractivity (Wildman–Crippen MR) is 85.2 cm³/mol. The number of hydrogen-bond donors (Lipinski definition) is 2. The largest absolute Gasteiger partial charge is 0.494 e. The van der Waals surface area contributed by atoms with E-state index in [4.69, 9.17) is 9.15 Å². The molecule has 0 saturated carbocycles. The van der Waals surface area contributed by atoms with Crippen LogP contribution < -0.4 is 10.1 Å². The van der Waals surface area contributed by atoms with Crippen molar-refractivity contribution in [3.05, 3.63) is 54.1 Å². The number of para-hydroxylation sites is 1. The van der Waals surface area contributed by atoms with Crippen molar-refractivity contribution in [2.75, 3.05) is 19.0 Å². The van der Waals surface area contributed by atoms with E-state index in [-0.39, 0.29) is 12.6 Å². The fourth-order valence-electron chi connectivity index (χ4n) is 2.52. The number of benzene rings is 1. The fraction of sp³-hybridized carbons (Fsp3) is 0.235. The third-order valence-electron chi connectivity index (χ3n) is 3.55. The Morgan fingerprint density at radius 2 is 2.18 bits per heavy atom. The second-order valence-electron chi connectivity index (χ2n) is 5.06. The monoisotopic (exact) mass is 298 g/mol. The molecule has 5 nitrogen and oxygen atoms in total. The molecule has 1 unspecified atom stereocenters. The average molecular weight is 298 g/mol. The van der Waals surface area contributed by atoms with Crippen molar-refractivity contribution in [2.45, 2.75) is 13.0 Å². The van der Waals surface area contributed by atoms with Gasteiger partial charge in [-0.15, -0.1) is 0 Å². The lowest BCUT2D eigenvalue weighted by Gasteiger charge is -2.18. The van der Waals surface area contributed by atoms with Gasteiger partial charge in [0.15, 0.2) is 0 Å². The number of rotatable bonds is 5. The summed E-state index contributed by atoms with van der Waals surface area (Å²) in [6, 6.07) is 11.1. The zero-order valence-electron chi connectivity index (χ0n) is 12.5. The first-order chi connectivity index (χ1) is 10.7. The van der Waals surface area contributed by atoms with E-state index in [1.807, 2.05) is 37.3 Å². The molecule has 0 aliphatic carbocycles. The van der Waals surface area contributed by atoms with Gasteiger partial charge >= 0.3 is 0 Å². The first-order valence-electron chi connectivity index (χ1n) is 7.08. The summed E-state index contributed by atoms with van der Waals surface area (Å²) in [5.41, 5.74) is 2.55. The molecule has 2 N–H and O–H groups in total. The highest BCUT2D eigenvalue weighted by Gasteiger charge is 2.16. The Hall–Kier alpha value is -2.53. The van der Waals surface area contributed by atoms with E-state index >= 15 is 0 Å². The first kappa shape index (κ1) is 14.4. The molecule has 22 heavy (non-hydrogen) atoms. The normalized spacial score (nSPS) is 12.3. The smallest absolute Gasteiger partial charge is 0.145 e. The second-order valence-corrected chi connectivity index (χ2v) is 5.06. The molecule has 0 radical (unpaired) electrons. The van der Waals surface area contributed by atoms with Gasteiger partial charge in [-0.05, 0) is 31.2 Å². The molecular weight excluding hydrogens is 280 g/mol. The van der Waals surface area contributed by atoms with Crippen molar-refractivity contribution in [1.29, 1.82) is 0 Å². The zero-order chi connectivity index (χ0) is 15.5. The summed E-state index contributed by atoms with van der Waals surface area (Å²) in [5, 5.41) is 13.9. The minimum absolute atomic E-state index is 0.0691. The van der Waals surface area contributed by atoms with E-state index in [2.05, 4.69) is 10.3 Å². The van der Waals surface area contributed by atoms with E-state index < -0.39 is 0 Å². The van der Waals surface area contributed by atoms with Gasteiger partial charge in [0.25, 0.3) is 0 Å². The van der Waals surface area contributed by atoms with Crippen LogP contribution in [-0.4, -0.2) is 23.8 Å². The van der Waals surface area contributed by atoms with Crippen molar-refractivity contribution >= 4 is 16.6 Å². The molecule has 0 amide bonds. The van der Waals surface area contributed by atoms with Crippen LogP contribution in [0, 0.1) is 6.92 Å². The Morgan fingerprint density at radius 3 is 2.86 bits per heavy atom. The van der Waals surface area contributed by atoms with Gasteiger partial charge in [-0.1, -0.05) is 12.1 Å². The van der Waals surface area contributed by atoms with Crippen LogP contribution >= 0.6 is 0 Å². The average Bonchev–Trinajstić information content (AvgIpc) is 3.06. The standard InChI is InChI=1S/C17H18N2O3/c1-11-9-13(19-14(10-20)15-7-4-8-22-15)12-5-3-6-16(21-2)17(12)18-11/h3-9,14,20H,10H2,1-2H3,(H,18,19). The number of methoxy groups -OCH3 is 1. The minimum atomic E-state index is -0.314. The predicted octanol–water partition coefficient (Wildman–Crippen LogP) is 3.29. The zero-order valence-corrected chi connectivity index (χ0v) is 12.5. The van der Waals surface area contributed by atoms with Gasteiger partial charge < -0.3 is 19.6 Å². The Kier molecular flexibility index (Phi) is 3.98. The van der Waals surface area contributed by atoms with Crippen LogP contribution in [0.15, 0.2) is 47.1 Å². The molecule has 5 heteroatoms. The number of hydrogen-bond acceptors (Lipinski definition) is 5. The second kappa shape index (κ2) is 6.07. The van der Waals surface area contributed by atoms with Gasteiger partial charge in [0.05, 0.1) is 20.0 Å². The summed E-state index contributed by atoms with van der Waals surface area (Å²) in [6.45, 7) is 1.86. The molecule has 2 aromatic heterocycles. The molecule has 0 aliphatic heterocycles. The van der Waals surface area contributed by atoms with Gasteiger partial charge in [0.1, 0.15) is 23.1 Å². The van der Waals surface area contributed by atoms with Crippen molar-refractivity contribution < 1.29 is 14.3 Å². The number of anilines is 1. The topological polar surface area (TPSA) is 67.5 Å². The fourth-order valence-corrected chi connectivity index (χ4v) is 2.52. The summed E-state index contributed by atoms with van der Waals surface area (Å²) in [4.78, 5) is 4.55. The number of aromatic nitrogens is 1. The van der Waals surface area contributed by atoms with E-state index in [1.165, 1.54) is 0 Å². The number of aliphatic hydroxyl groups excluding tert-OH is 1. The SMILES string of the molecule is COc1cccc2c(NC(CO)c3ccco3)cc(C)nc12. The van der Waals surface area contributed by atoms with E-state index in [1.54, 1.807) is 19.4 Å². The molecule has 114 valence electrons. The lowest BCUT2D eigenvalue weighted by molar-refractivity contribution is 0.261. The van der Waals surface area contributed by atoms with E-state index in [0.29, 0.717) is 5.76 Å². The molecule has 0 bridgehead atoms. The van der Waals surface area contributed by atoms with E-state index in [0.717, 1.165) is 28.0 Å². The Balaban J connectivity index is 2.06. The molecule has 0 saturated heterocycles. The van der Waals surface area contributed by atoms with Gasteiger partial charge in [-0.25, -0.2) is 4.98 Å². The number of aliphatic hydroxyl groups is 1. The Morgan fingerprint density at radius 1 is 1.32 bits per heavy atom. The minimum Gasteiger partial charge on any atom is -0.494 e. The van der Waals surface area contributed by atoms with Crippen LogP contribution in [0.3, 0.4) is 0 Å². The van der Waals surface area contributed by atoms with Crippen molar-refractivity contribution in [1.82, 2.24) is 4.98 Å². The van der Waals surface area contributed by atoms with Gasteiger partial charge in [0.2, 0.25) is 0 Å². The maximum atomic E-state index is 9.64. The molecule has 3 aromatic rings. The number of nitrogens with zero attached hydrogens (tertiary/aromatic N) is 1. The maximum absolute atomic E-state index is 9.64. The molecule has 3 rings (SSSR count). The molecular formula is C17H18N2O3. The van der Waals surface area contributed by atoms with Crippen LogP contribution in [0.4, 0.5) is 5.69 Å². The Bertz CT molecular complexity index is 769. The van der Waals surface area contributed by atoms with Crippen LogP contribution in [-0.2, 0) is 0 Å². The van der Waals surface area contributed by atoms with Gasteiger partial charge in [-0.3, -0.25) is 0 Å². The van der Waals surface area contributed by atoms with Crippen LogP contribution in [0.25, 0.3) is 10.9 Å². The Labute approximate surface area is 128 Å².